The first-order valence-corrected chi connectivity index (χ1v) is 8.87. The van der Waals surface area contributed by atoms with Crippen LogP contribution in [0.2, 0.25) is 0 Å². The summed E-state index contributed by atoms with van der Waals surface area (Å²) in [4.78, 5) is 8.01. The van der Waals surface area contributed by atoms with Crippen LogP contribution in [0, 0.1) is 10.8 Å². The highest BCUT2D eigenvalue weighted by Gasteiger charge is 2.39. The molecule has 3 heterocycles. The molecule has 1 saturated carbocycles. The Hall–Kier alpha value is -1.94. The predicted molar refractivity (Wildman–Crippen MR) is 98.6 cm³/mol. The van der Waals surface area contributed by atoms with Crippen molar-refractivity contribution < 1.29 is 5.43 Å². The van der Waals surface area contributed by atoms with Crippen molar-refractivity contribution in [3.8, 4) is 0 Å². The SMILES string of the molecule is CC1(C)CC(c2cnc3[nH]cc(C4=C[NH2+]N=C4)c3c2)CC(C)(C)C1. The molecule has 2 aliphatic rings. The maximum absolute atomic E-state index is 4.71. The van der Waals surface area contributed by atoms with Gasteiger partial charge in [0.2, 0.25) is 0 Å². The number of quaternary nitrogens is 1. The normalized spacial score (nSPS) is 22.9. The smallest absolute Gasteiger partial charge is 0.137 e. The maximum atomic E-state index is 4.71. The highest BCUT2D eigenvalue weighted by atomic mass is 15.3. The Bertz CT molecular complexity index is 822. The average Bonchev–Trinajstić information content (AvgIpc) is 3.12. The van der Waals surface area contributed by atoms with Gasteiger partial charge in [-0.15, -0.1) is 0 Å². The van der Waals surface area contributed by atoms with Crippen LogP contribution >= 0.6 is 0 Å². The fourth-order valence-corrected chi connectivity index (χ4v) is 5.01. The van der Waals surface area contributed by atoms with Crippen molar-refractivity contribution in [3.05, 3.63) is 35.8 Å². The number of allylic oxidation sites excluding steroid dienone is 1. The molecule has 126 valence electrons. The minimum absolute atomic E-state index is 0.387. The Morgan fingerprint density at radius 3 is 2.58 bits per heavy atom. The number of hydrogen-bond donors (Lipinski definition) is 2. The molecule has 0 saturated heterocycles. The Kier molecular flexibility index (Phi) is 3.43. The molecule has 4 rings (SSSR count). The summed E-state index contributed by atoms with van der Waals surface area (Å²) in [6, 6.07) is 2.35. The molecule has 0 radical (unpaired) electrons. The van der Waals surface area contributed by atoms with Crippen LogP contribution in [0.25, 0.3) is 16.6 Å². The Morgan fingerprint density at radius 2 is 1.92 bits per heavy atom. The molecule has 0 aromatic carbocycles. The van der Waals surface area contributed by atoms with E-state index in [9.17, 15) is 0 Å². The second-order valence-corrected chi connectivity index (χ2v) is 9.03. The van der Waals surface area contributed by atoms with Gasteiger partial charge in [0.05, 0.1) is 11.8 Å². The van der Waals surface area contributed by atoms with E-state index in [0.29, 0.717) is 16.7 Å². The largest absolute Gasteiger partial charge is 0.346 e. The van der Waals surface area contributed by atoms with E-state index < -0.39 is 0 Å². The molecule has 1 fully saturated rings. The van der Waals surface area contributed by atoms with Crippen LogP contribution in [0.5, 0.6) is 0 Å². The predicted octanol–water partition coefficient (Wildman–Crippen LogP) is 3.79. The van der Waals surface area contributed by atoms with Gasteiger partial charge < -0.3 is 4.98 Å². The molecule has 0 bridgehead atoms. The molecule has 0 atom stereocenters. The van der Waals surface area contributed by atoms with E-state index in [1.807, 2.05) is 17.8 Å². The van der Waals surface area contributed by atoms with Gasteiger partial charge in [-0.05, 0) is 47.6 Å². The van der Waals surface area contributed by atoms with E-state index in [1.54, 1.807) is 0 Å². The first-order chi connectivity index (χ1) is 11.3. The van der Waals surface area contributed by atoms with Crippen molar-refractivity contribution in [2.24, 2.45) is 15.9 Å². The van der Waals surface area contributed by atoms with E-state index in [1.165, 1.54) is 35.8 Å². The topological polar surface area (TPSA) is 57.6 Å². The van der Waals surface area contributed by atoms with Crippen molar-refractivity contribution >= 4 is 22.8 Å². The molecule has 0 spiro atoms. The number of aromatic amines is 1. The molecule has 0 amide bonds. The molecule has 3 N–H and O–H groups in total. The summed E-state index contributed by atoms with van der Waals surface area (Å²) in [7, 11) is 0. The molecule has 0 unspecified atom stereocenters. The van der Waals surface area contributed by atoms with Crippen LogP contribution in [0.4, 0.5) is 0 Å². The van der Waals surface area contributed by atoms with Gasteiger partial charge in [-0.1, -0.05) is 32.8 Å². The Morgan fingerprint density at radius 1 is 1.17 bits per heavy atom. The number of nitrogens with zero attached hydrogens (tertiary/aromatic N) is 2. The van der Waals surface area contributed by atoms with Gasteiger partial charge in [0, 0.05) is 23.3 Å². The van der Waals surface area contributed by atoms with Gasteiger partial charge in [0.1, 0.15) is 11.8 Å². The summed E-state index contributed by atoms with van der Waals surface area (Å²) < 4.78 is 0. The summed E-state index contributed by atoms with van der Waals surface area (Å²) >= 11 is 0. The van der Waals surface area contributed by atoms with Crippen LogP contribution in [0.3, 0.4) is 0 Å². The lowest BCUT2D eigenvalue weighted by atomic mass is 9.60. The number of nitrogens with two attached hydrogens (primary N) is 1. The average molecular weight is 323 g/mol. The third-order valence-corrected chi connectivity index (χ3v) is 5.44. The van der Waals surface area contributed by atoms with Gasteiger partial charge >= 0.3 is 0 Å². The van der Waals surface area contributed by atoms with E-state index in [0.717, 1.165) is 11.2 Å². The zero-order valence-corrected chi connectivity index (χ0v) is 15.1. The minimum atomic E-state index is 0.387. The van der Waals surface area contributed by atoms with Crippen molar-refractivity contribution in [1.82, 2.24) is 9.97 Å². The lowest BCUT2D eigenvalue weighted by molar-refractivity contribution is -0.589. The van der Waals surface area contributed by atoms with E-state index in [4.69, 9.17) is 4.98 Å². The standard InChI is InChI=1S/C20H26N4/c1-19(2)6-14(7-20(3,4)12-19)13-5-16-17(15-9-23-24-10-15)11-22-18(16)21-8-13/h5,8-11,14H,6-7,12H2,1-4H3,(H,21,22)(H,23,24)/p+1. The Labute approximate surface area is 143 Å². The third-order valence-electron chi connectivity index (χ3n) is 5.44. The number of nitrogens with one attached hydrogen (secondary N) is 1. The number of pyridine rings is 1. The molecule has 2 aromatic heterocycles. The van der Waals surface area contributed by atoms with Crippen molar-refractivity contribution in [1.29, 1.82) is 0 Å². The highest BCUT2D eigenvalue weighted by Crippen LogP contribution is 2.51. The first-order valence-electron chi connectivity index (χ1n) is 8.87. The Balaban J connectivity index is 1.74. The van der Waals surface area contributed by atoms with E-state index >= 15 is 0 Å². The molecule has 4 nitrogen and oxygen atoms in total. The van der Waals surface area contributed by atoms with Crippen molar-refractivity contribution in [2.75, 3.05) is 0 Å². The van der Waals surface area contributed by atoms with Crippen LogP contribution in [0.15, 0.2) is 29.8 Å². The van der Waals surface area contributed by atoms with Gasteiger partial charge in [0.15, 0.2) is 0 Å². The molecular formula is C20H27N4+. The first kappa shape index (κ1) is 15.6. The summed E-state index contributed by atoms with van der Waals surface area (Å²) in [5, 5.41) is 5.41. The lowest BCUT2D eigenvalue weighted by Crippen LogP contribution is -2.69. The van der Waals surface area contributed by atoms with Crippen LogP contribution in [-0.2, 0) is 0 Å². The fraction of sp³-hybridized carbons (Fsp3) is 0.500. The summed E-state index contributed by atoms with van der Waals surface area (Å²) in [5.41, 5.74) is 7.32. The summed E-state index contributed by atoms with van der Waals surface area (Å²) in [6.45, 7) is 9.63. The van der Waals surface area contributed by atoms with Gasteiger partial charge in [0.25, 0.3) is 0 Å². The summed E-state index contributed by atoms with van der Waals surface area (Å²) in [5.74, 6) is 0.584. The second-order valence-electron chi connectivity index (χ2n) is 9.03. The quantitative estimate of drug-likeness (QED) is 0.812. The lowest BCUT2D eigenvalue weighted by Gasteiger charge is -2.45. The second kappa shape index (κ2) is 5.28. The van der Waals surface area contributed by atoms with Crippen LogP contribution in [0.1, 0.15) is 64.0 Å². The van der Waals surface area contributed by atoms with Gasteiger partial charge in [-0.2, -0.15) is 5.43 Å². The summed E-state index contributed by atoms with van der Waals surface area (Å²) in [6.07, 6.45) is 11.9. The number of rotatable bonds is 2. The zero-order chi connectivity index (χ0) is 16.9. The maximum Gasteiger partial charge on any atom is 0.137 e. The molecule has 1 aliphatic carbocycles. The number of fused-ring (bicyclic) bond motifs is 1. The number of H-pyrrole nitrogens is 1. The van der Waals surface area contributed by atoms with Crippen molar-refractivity contribution in [3.63, 3.8) is 0 Å². The molecular weight excluding hydrogens is 296 g/mol. The van der Waals surface area contributed by atoms with Crippen molar-refractivity contribution in [2.45, 2.75) is 52.9 Å². The zero-order valence-electron chi connectivity index (χ0n) is 15.1. The van der Waals surface area contributed by atoms with Gasteiger partial charge in [-0.25, -0.2) is 4.98 Å². The number of aromatic nitrogens is 2. The monoisotopic (exact) mass is 323 g/mol. The van der Waals surface area contributed by atoms with Crippen LogP contribution in [-0.4, -0.2) is 16.2 Å². The van der Waals surface area contributed by atoms with Crippen LogP contribution < -0.4 is 5.43 Å². The minimum Gasteiger partial charge on any atom is -0.346 e. The van der Waals surface area contributed by atoms with E-state index in [-0.39, 0.29) is 0 Å². The molecule has 1 aliphatic heterocycles. The van der Waals surface area contributed by atoms with Gasteiger partial charge in [-0.3, -0.25) is 0 Å². The third kappa shape index (κ3) is 2.80. The molecule has 4 heteroatoms. The molecule has 24 heavy (non-hydrogen) atoms. The number of hydrogen-bond acceptors (Lipinski definition) is 2. The molecule has 2 aromatic rings. The fourth-order valence-electron chi connectivity index (χ4n) is 5.01. The van der Waals surface area contributed by atoms with E-state index in [2.05, 4.69) is 56.2 Å². The highest BCUT2D eigenvalue weighted by molar-refractivity contribution is 6.14.